The number of fused-ring (bicyclic) bond motifs is 1. The molecule has 35 heavy (non-hydrogen) atoms. The molecular formula is C27H29N3O4S. The van der Waals surface area contributed by atoms with Crippen molar-refractivity contribution in [2.75, 3.05) is 35.9 Å². The van der Waals surface area contributed by atoms with E-state index in [0.717, 1.165) is 29.9 Å². The largest absolute Gasteiger partial charge is 0.379 e. The first-order valence-corrected chi connectivity index (χ1v) is 13.3. The van der Waals surface area contributed by atoms with Gasteiger partial charge in [0.25, 0.3) is 15.9 Å². The van der Waals surface area contributed by atoms with Crippen LogP contribution in [0.1, 0.15) is 28.4 Å². The lowest BCUT2D eigenvalue weighted by Crippen LogP contribution is -2.36. The minimum Gasteiger partial charge on any atom is -0.379 e. The van der Waals surface area contributed by atoms with Gasteiger partial charge >= 0.3 is 0 Å². The van der Waals surface area contributed by atoms with Gasteiger partial charge in [-0.05, 0) is 54.8 Å². The summed E-state index contributed by atoms with van der Waals surface area (Å²) in [6, 6.07) is 21.3. The van der Waals surface area contributed by atoms with Crippen LogP contribution in [0, 0.1) is 0 Å². The molecule has 0 radical (unpaired) electrons. The number of sulfonamides is 1. The number of ether oxygens (including phenoxy) is 1. The van der Waals surface area contributed by atoms with Gasteiger partial charge in [-0.3, -0.25) is 14.0 Å². The number of rotatable bonds is 6. The number of para-hydroxylation sites is 2. The molecule has 2 aliphatic rings. The Labute approximate surface area is 206 Å². The summed E-state index contributed by atoms with van der Waals surface area (Å²) in [5.74, 6) is -0.341. The molecule has 3 aromatic carbocycles. The zero-order chi connectivity index (χ0) is 24.4. The van der Waals surface area contributed by atoms with E-state index in [0.29, 0.717) is 37.4 Å². The summed E-state index contributed by atoms with van der Waals surface area (Å²) >= 11 is 0. The van der Waals surface area contributed by atoms with E-state index in [2.05, 4.69) is 10.2 Å². The zero-order valence-corrected chi connectivity index (χ0v) is 20.5. The van der Waals surface area contributed by atoms with Crippen molar-refractivity contribution in [3.8, 4) is 0 Å². The number of morpholine rings is 1. The summed E-state index contributed by atoms with van der Waals surface area (Å²) in [4.78, 5) is 15.6. The van der Waals surface area contributed by atoms with Crippen LogP contribution in [0.2, 0.25) is 0 Å². The maximum absolute atomic E-state index is 13.6. The van der Waals surface area contributed by atoms with Gasteiger partial charge in [-0.1, -0.05) is 42.5 Å². The van der Waals surface area contributed by atoms with Gasteiger partial charge in [-0.2, -0.15) is 0 Å². The molecule has 182 valence electrons. The highest BCUT2D eigenvalue weighted by molar-refractivity contribution is 7.92. The van der Waals surface area contributed by atoms with E-state index < -0.39 is 10.0 Å². The third-order valence-corrected chi connectivity index (χ3v) is 8.49. The second-order valence-electron chi connectivity index (χ2n) is 9.01. The second kappa shape index (κ2) is 9.81. The molecule has 1 amide bonds. The van der Waals surface area contributed by atoms with Crippen LogP contribution >= 0.6 is 0 Å². The van der Waals surface area contributed by atoms with E-state index in [-0.39, 0.29) is 16.8 Å². The maximum atomic E-state index is 13.6. The van der Waals surface area contributed by atoms with Crippen molar-refractivity contribution < 1.29 is 17.9 Å². The van der Waals surface area contributed by atoms with Crippen molar-refractivity contribution in [3.05, 3.63) is 89.5 Å². The number of hydrogen-bond acceptors (Lipinski definition) is 5. The van der Waals surface area contributed by atoms with Crippen LogP contribution in [0.5, 0.6) is 0 Å². The monoisotopic (exact) mass is 491 g/mol. The quantitative estimate of drug-likeness (QED) is 0.566. The Morgan fingerprint density at radius 2 is 1.74 bits per heavy atom. The lowest BCUT2D eigenvalue weighted by Gasteiger charge is -2.27. The van der Waals surface area contributed by atoms with Crippen molar-refractivity contribution in [2.24, 2.45) is 0 Å². The van der Waals surface area contributed by atoms with Crippen LogP contribution in [0.15, 0.2) is 77.7 Å². The van der Waals surface area contributed by atoms with Crippen LogP contribution in [0.25, 0.3) is 0 Å². The fraction of sp³-hybridized carbons (Fsp3) is 0.296. The molecule has 0 saturated carbocycles. The number of nitrogens with one attached hydrogen (secondary N) is 1. The molecule has 1 atom stereocenters. The van der Waals surface area contributed by atoms with Crippen LogP contribution in [-0.2, 0) is 27.7 Å². The molecule has 0 aromatic heterocycles. The van der Waals surface area contributed by atoms with Gasteiger partial charge in [-0.15, -0.1) is 0 Å². The van der Waals surface area contributed by atoms with E-state index in [4.69, 9.17) is 4.74 Å². The molecule has 2 heterocycles. The van der Waals surface area contributed by atoms with E-state index in [1.807, 2.05) is 55.5 Å². The van der Waals surface area contributed by atoms with Crippen molar-refractivity contribution in [1.82, 2.24) is 4.90 Å². The molecule has 2 aliphatic heterocycles. The molecule has 8 heteroatoms. The first kappa shape index (κ1) is 23.5. The van der Waals surface area contributed by atoms with Crippen molar-refractivity contribution >= 4 is 27.3 Å². The highest BCUT2D eigenvalue weighted by atomic mass is 32.2. The van der Waals surface area contributed by atoms with E-state index >= 15 is 0 Å². The molecule has 1 unspecified atom stereocenters. The predicted molar refractivity (Wildman–Crippen MR) is 136 cm³/mol. The van der Waals surface area contributed by atoms with Gasteiger partial charge in [0.2, 0.25) is 0 Å². The number of carbonyl (C=O) groups excluding carboxylic acids is 1. The van der Waals surface area contributed by atoms with Gasteiger partial charge in [-0.25, -0.2) is 8.42 Å². The highest BCUT2D eigenvalue weighted by Gasteiger charge is 2.36. The van der Waals surface area contributed by atoms with Crippen molar-refractivity contribution in [3.63, 3.8) is 0 Å². The minimum atomic E-state index is -3.82. The normalized spacial score (nSPS) is 18.3. The Morgan fingerprint density at radius 1 is 1.00 bits per heavy atom. The van der Waals surface area contributed by atoms with Gasteiger partial charge in [0, 0.05) is 36.9 Å². The summed E-state index contributed by atoms with van der Waals surface area (Å²) in [6.45, 7) is 5.71. The second-order valence-corrected chi connectivity index (χ2v) is 10.8. The summed E-state index contributed by atoms with van der Waals surface area (Å²) in [5, 5.41) is 2.98. The molecule has 0 bridgehead atoms. The Bertz CT molecular complexity index is 1340. The molecule has 1 saturated heterocycles. The van der Waals surface area contributed by atoms with Gasteiger partial charge in [0.15, 0.2) is 0 Å². The Balaban J connectivity index is 1.38. The van der Waals surface area contributed by atoms with Gasteiger partial charge < -0.3 is 10.1 Å². The summed E-state index contributed by atoms with van der Waals surface area (Å²) in [7, 11) is -3.82. The van der Waals surface area contributed by atoms with Gasteiger partial charge in [0.05, 0.1) is 23.8 Å². The van der Waals surface area contributed by atoms with Crippen LogP contribution in [0.3, 0.4) is 0 Å². The third-order valence-electron chi connectivity index (χ3n) is 6.56. The Hall–Kier alpha value is -3.20. The fourth-order valence-electron chi connectivity index (χ4n) is 4.79. The molecule has 1 N–H and O–H groups in total. The molecule has 5 rings (SSSR count). The predicted octanol–water partition coefficient (Wildman–Crippen LogP) is 3.91. The standard InChI is InChI=1S/C27H29N3O4S/c1-20-17-21-7-3-5-12-26(21)30(20)35(32,33)24-10-6-9-22(18-24)27(31)28-25-11-4-2-8-23(25)19-29-13-15-34-16-14-29/h2-12,18,20H,13-17,19H2,1H3,(H,28,31). The average molecular weight is 492 g/mol. The third kappa shape index (κ3) is 4.82. The molecular weight excluding hydrogens is 462 g/mol. The average Bonchev–Trinajstić information content (AvgIpc) is 3.22. The van der Waals surface area contributed by atoms with E-state index in [1.165, 1.54) is 10.4 Å². The van der Waals surface area contributed by atoms with Crippen molar-refractivity contribution in [2.45, 2.75) is 30.8 Å². The van der Waals surface area contributed by atoms with Crippen molar-refractivity contribution in [1.29, 1.82) is 0 Å². The topological polar surface area (TPSA) is 79.0 Å². The van der Waals surface area contributed by atoms with Crippen LogP contribution < -0.4 is 9.62 Å². The number of amides is 1. The number of benzene rings is 3. The molecule has 1 fully saturated rings. The summed E-state index contributed by atoms with van der Waals surface area (Å²) < 4.78 is 34.1. The molecule has 0 aliphatic carbocycles. The molecule has 0 spiro atoms. The number of carbonyl (C=O) groups is 1. The summed E-state index contributed by atoms with van der Waals surface area (Å²) in [6.07, 6.45) is 0.662. The van der Waals surface area contributed by atoms with E-state index in [1.54, 1.807) is 18.2 Å². The number of nitrogens with zero attached hydrogens (tertiary/aromatic N) is 2. The fourth-order valence-corrected chi connectivity index (χ4v) is 6.53. The lowest BCUT2D eigenvalue weighted by molar-refractivity contribution is 0.0342. The Kier molecular flexibility index (Phi) is 6.60. The lowest BCUT2D eigenvalue weighted by atomic mass is 10.1. The first-order valence-electron chi connectivity index (χ1n) is 11.9. The maximum Gasteiger partial charge on any atom is 0.264 e. The smallest absolute Gasteiger partial charge is 0.264 e. The van der Waals surface area contributed by atoms with Crippen LogP contribution in [-0.4, -0.2) is 51.6 Å². The van der Waals surface area contributed by atoms with Gasteiger partial charge in [0.1, 0.15) is 0 Å². The molecule has 3 aromatic rings. The zero-order valence-electron chi connectivity index (χ0n) is 19.7. The Morgan fingerprint density at radius 3 is 2.57 bits per heavy atom. The minimum absolute atomic E-state index is 0.107. The number of anilines is 2. The molecule has 7 nitrogen and oxygen atoms in total. The van der Waals surface area contributed by atoms with E-state index in [9.17, 15) is 13.2 Å². The van der Waals surface area contributed by atoms with Crippen LogP contribution in [0.4, 0.5) is 11.4 Å². The summed E-state index contributed by atoms with van der Waals surface area (Å²) in [5.41, 5.74) is 3.74. The highest BCUT2D eigenvalue weighted by Crippen LogP contribution is 2.36. The SMILES string of the molecule is CC1Cc2ccccc2N1S(=O)(=O)c1cccc(C(=O)Nc2ccccc2CN2CCOCC2)c1. The first-order chi connectivity index (χ1) is 16.9. The number of hydrogen-bond donors (Lipinski definition) is 1.